The van der Waals surface area contributed by atoms with E-state index >= 15 is 0 Å². The Morgan fingerprint density at radius 1 is 1.37 bits per heavy atom. The lowest BCUT2D eigenvalue weighted by Gasteiger charge is -2.10. The Morgan fingerprint density at radius 3 is 2.84 bits per heavy atom. The molecular formula is C14H17N3OS. The Bertz CT molecular complexity index is 565. The van der Waals surface area contributed by atoms with Gasteiger partial charge in [-0.2, -0.15) is 0 Å². The maximum atomic E-state index is 11.1. The lowest BCUT2D eigenvalue weighted by molar-refractivity contribution is -0.114. The molecule has 19 heavy (non-hydrogen) atoms. The van der Waals surface area contributed by atoms with Crippen molar-refractivity contribution in [2.75, 3.05) is 10.6 Å². The highest BCUT2D eigenvalue weighted by Gasteiger charge is 2.04. The average molecular weight is 275 g/mol. The minimum atomic E-state index is -0.0602. The summed E-state index contributed by atoms with van der Waals surface area (Å²) in [6.07, 6.45) is 2.90. The van der Waals surface area contributed by atoms with Crippen molar-refractivity contribution in [2.24, 2.45) is 0 Å². The summed E-state index contributed by atoms with van der Waals surface area (Å²) in [5.74, 6) is -0.0602. The Kier molecular flexibility index (Phi) is 4.52. The summed E-state index contributed by atoms with van der Waals surface area (Å²) >= 11 is 1.66. The van der Waals surface area contributed by atoms with Gasteiger partial charge in [0.1, 0.15) is 0 Å². The van der Waals surface area contributed by atoms with Crippen molar-refractivity contribution >= 4 is 28.1 Å². The highest BCUT2D eigenvalue weighted by Crippen LogP contribution is 2.21. The Labute approximate surface area is 116 Å². The van der Waals surface area contributed by atoms with E-state index in [4.69, 9.17) is 0 Å². The van der Waals surface area contributed by atoms with E-state index in [1.165, 1.54) is 11.8 Å². The number of hydrogen-bond donors (Lipinski definition) is 2. The molecule has 1 amide bonds. The average Bonchev–Trinajstić information content (AvgIpc) is 2.85. The van der Waals surface area contributed by atoms with Gasteiger partial charge in [0.25, 0.3) is 0 Å². The van der Waals surface area contributed by atoms with E-state index in [0.29, 0.717) is 6.54 Å². The second-order valence-electron chi connectivity index (χ2n) is 4.18. The van der Waals surface area contributed by atoms with Crippen LogP contribution in [0.2, 0.25) is 0 Å². The maximum absolute atomic E-state index is 11.1. The molecule has 2 N–H and O–H groups in total. The minimum Gasteiger partial charge on any atom is -0.357 e. The number of carbonyl (C=O) groups excluding carboxylic acids is 1. The number of aryl methyl sites for hydroxylation is 1. The highest BCUT2D eigenvalue weighted by atomic mass is 32.1. The normalized spacial score (nSPS) is 10.2. The van der Waals surface area contributed by atoms with Crippen molar-refractivity contribution < 1.29 is 4.79 Å². The number of aromatic nitrogens is 1. The molecule has 100 valence electrons. The number of rotatable bonds is 5. The molecule has 5 heteroatoms. The number of para-hydroxylation sites is 1. The summed E-state index contributed by atoms with van der Waals surface area (Å²) in [4.78, 5) is 16.7. The van der Waals surface area contributed by atoms with Crippen molar-refractivity contribution in [3.8, 4) is 0 Å². The predicted octanol–water partition coefficient (Wildman–Crippen LogP) is 3.28. The first-order valence-corrected chi connectivity index (χ1v) is 7.04. The third-order valence-corrected chi connectivity index (χ3v) is 3.76. The van der Waals surface area contributed by atoms with Gasteiger partial charge in [-0.3, -0.25) is 4.79 Å². The van der Waals surface area contributed by atoms with Crippen LogP contribution in [0.5, 0.6) is 0 Å². The summed E-state index contributed by atoms with van der Waals surface area (Å²) in [5.41, 5.74) is 1.89. The van der Waals surface area contributed by atoms with Crippen LogP contribution in [-0.4, -0.2) is 10.9 Å². The van der Waals surface area contributed by atoms with Gasteiger partial charge in [-0.1, -0.05) is 25.1 Å². The molecule has 0 fully saturated rings. The number of thiazole rings is 1. The molecule has 0 saturated carbocycles. The SMILES string of the molecule is CCc1cnc(NCc2ccccc2NC(C)=O)s1. The summed E-state index contributed by atoms with van der Waals surface area (Å²) < 4.78 is 0. The van der Waals surface area contributed by atoms with Crippen LogP contribution in [0.3, 0.4) is 0 Å². The van der Waals surface area contributed by atoms with E-state index in [1.807, 2.05) is 30.5 Å². The Balaban J connectivity index is 2.04. The molecule has 0 aliphatic rings. The summed E-state index contributed by atoms with van der Waals surface area (Å²) in [6.45, 7) is 4.27. The molecule has 0 atom stereocenters. The van der Waals surface area contributed by atoms with Crippen LogP contribution in [0.4, 0.5) is 10.8 Å². The van der Waals surface area contributed by atoms with Gasteiger partial charge in [-0.15, -0.1) is 11.3 Å². The summed E-state index contributed by atoms with van der Waals surface area (Å²) in [6, 6.07) is 7.76. The van der Waals surface area contributed by atoms with E-state index in [1.54, 1.807) is 11.3 Å². The van der Waals surface area contributed by atoms with Crippen LogP contribution >= 0.6 is 11.3 Å². The van der Waals surface area contributed by atoms with Gasteiger partial charge < -0.3 is 10.6 Å². The lowest BCUT2D eigenvalue weighted by Crippen LogP contribution is -2.09. The second-order valence-corrected chi connectivity index (χ2v) is 5.29. The van der Waals surface area contributed by atoms with Crippen LogP contribution in [0.25, 0.3) is 0 Å². The molecule has 4 nitrogen and oxygen atoms in total. The van der Waals surface area contributed by atoms with Crippen molar-refractivity contribution in [3.05, 3.63) is 40.9 Å². The van der Waals surface area contributed by atoms with Gasteiger partial charge >= 0.3 is 0 Å². The van der Waals surface area contributed by atoms with Crippen LogP contribution in [0, 0.1) is 0 Å². The van der Waals surface area contributed by atoms with Crippen molar-refractivity contribution in [1.29, 1.82) is 0 Å². The largest absolute Gasteiger partial charge is 0.357 e. The molecule has 2 aromatic rings. The zero-order chi connectivity index (χ0) is 13.7. The van der Waals surface area contributed by atoms with Gasteiger partial charge in [-0.05, 0) is 18.1 Å². The number of nitrogens with one attached hydrogen (secondary N) is 2. The molecular weight excluding hydrogens is 258 g/mol. The molecule has 0 radical (unpaired) electrons. The Morgan fingerprint density at radius 2 is 2.16 bits per heavy atom. The zero-order valence-electron chi connectivity index (χ0n) is 11.1. The first-order chi connectivity index (χ1) is 9.19. The quantitative estimate of drug-likeness (QED) is 0.880. The van der Waals surface area contributed by atoms with E-state index in [0.717, 1.165) is 22.8 Å². The van der Waals surface area contributed by atoms with Crippen LogP contribution in [0.15, 0.2) is 30.5 Å². The molecule has 2 rings (SSSR count). The van der Waals surface area contributed by atoms with Crippen LogP contribution < -0.4 is 10.6 Å². The number of amides is 1. The van der Waals surface area contributed by atoms with Gasteiger partial charge in [0.05, 0.1) is 0 Å². The predicted molar refractivity (Wildman–Crippen MR) is 79.6 cm³/mol. The van der Waals surface area contributed by atoms with E-state index in [2.05, 4.69) is 22.5 Å². The summed E-state index contributed by atoms with van der Waals surface area (Å²) in [5, 5.41) is 7.03. The third kappa shape index (κ3) is 3.79. The van der Waals surface area contributed by atoms with Crippen molar-refractivity contribution in [3.63, 3.8) is 0 Å². The molecule has 0 saturated heterocycles. The molecule has 1 aromatic carbocycles. The molecule has 0 aliphatic heterocycles. The highest BCUT2D eigenvalue weighted by molar-refractivity contribution is 7.15. The fourth-order valence-corrected chi connectivity index (χ4v) is 2.46. The van der Waals surface area contributed by atoms with Gasteiger partial charge in [0.2, 0.25) is 5.91 Å². The van der Waals surface area contributed by atoms with Crippen LogP contribution in [0.1, 0.15) is 24.3 Å². The Hall–Kier alpha value is -1.88. The monoisotopic (exact) mass is 275 g/mol. The topological polar surface area (TPSA) is 54.0 Å². The maximum Gasteiger partial charge on any atom is 0.221 e. The van der Waals surface area contributed by atoms with E-state index in [-0.39, 0.29) is 5.91 Å². The first-order valence-electron chi connectivity index (χ1n) is 6.23. The number of anilines is 2. The molecule has 0 aliphatic carbocycles. The number of hydrogen-bond acceptors (Lipinski definition) is 4. The standard InChI is InChI=1S/C14H17N3OS/c1-3-12-9-16-14(19-12)15-8-11-6-4-5-7-13(11)17-10(2)18/h4-7,9H,3,8H2,1-2H3,(H,15,16)(H,17,18). The molecule has 0 bridgehead atoms. The molecule has 1 aromatic heterocycles. The van der Waals surface area contributed by atoms with E-state index in [9.17, 15) is 4.79 Å². The first kappa shape index (κ1) is 13.5. The number of nitrogens with zero attached hydrogens (tertiary/aromatic N) is 1. The van der Waals surface area contributed by atoms with Crippen molar-refractivity contribution in [1.82, 2.24) is 4.98 Å². The van der Waals surface area contributed by atoms with Gasteiger partial charge in [-0.25, -0.2) is 4.98 Å². The molecule has 0 spiro atoms. The van der Waals surface area contributed by atoms with Crippen LogP contribution in [-0.2, 0) is 17.8 Å². The fraction of sp³-hybridized carbons (Fsp3) is 0.286. The van der Waals surface area contributed by atoms with Crippen molar-refractivity contribution in [2.45, 2.75) is 26.8 Å². The summed E-state index contributed by atoms with van der Waals surface area (Å²) in [7, 11) is 0. The zero-order valence-corrected chi connectivity index (χ0v) is 11.9. The van der Waals surface area contributed by atoms with E-state index < -0.39 is 0 Å². The lowest BCUT2D eigenvalue weighted by atomic mass is 10.2. The smallest absolute Gasteiger partial charge is 0.221 e. The van der Waals surface area contributed by atoms with Gasteiger partial charge in [0.15, 0.2) is 5.13 Å². The molecule has 1 heterocycles. The van der Waals surface area contributed by atoms with Gasteiger partial charge in [0, 0.05) is 30.2 Å². The minimum absolute atomic E-state index is 0.0602. The second kappa shape index (κ2) is 6.33. The molecule has 0 unspecified atom stereocenters. The number of carbonyl (C=O) groups is 1. The third-order valence-electron chi connectivity index (χ3n) is 2.66. The fourth-order valence-electron chi connectivity index (χ4n) is 1.71. The number of benzene rings is 1.